The maximum absolute atomic E-state index is 12.7. The Hall–Kier alpha value is -2.62. The summed E-state index contributed by atoms with van der Waals surface area (Å²) in [6.45, 7) is 7.27. The topological polar surface area (TPSA) is 49.4 Å². The van der Waals surface area contributed by atoms with Crippen molar-refractivity contribution in [2.75, 3.05) is 6.54 Å². The van der Waals surface area contributed by atoms with Gasteiger partial charge in [0, 0.05) is 32.1 Å². The van der Waals surface area contributed by atoms with Crippen molar-refractivity contribution in [2.45, 2.75) is 33.9 Å². The average molecular weight is 324 g/mol. The third-order valence-electron chi connectivity index (χ3n) is 4.03. The molecule has 24 heavy (non-hydrogen) atoms. The van der Waals surface area contributed by atoms with Crippen LogP contribution < -0.4 is 5.32 Å². The molecular formula is C20H24N2O2. The summed E-state index contributed by atoms with van der Waals surface area (Å²) in [6, 6.07) is 15.5. The van der Waals surface area contributed by atoms with Gasteiger partial charge in [0.15, 0.2) is 0 Å². The quantitative estimate of drug-likeness (QED) is 0.886. The fourth-order valence-corrected chi connectivity index (χ4v) is 2.49. The first-order chi connectivity index (χ1) is 11.5. The summed E-state index contributed by atoms with van der Waals surface area (Å²) >= 11 is 0. The second-order valence-corrected chi connectivity index (χ2v) is 5.85. The maximum Gasteiger partial charge on any atom is 0.254 e. The van der Waals surface area contributed by atoms with Gasteiger partial charge in [-0.1, -0.05) is 36.4 Å². The number of hydrogen-bond donors (Lipinski definition) is 1. The monoisotopic (exact) mass is 324 g/mol. The van der Waals surface area contributed by atoms with Crippen LogP contribution in [-0.2, 0) is 17.9 Å². The van der Waals surface area contributed by atoms with Crippen molar-refractivity contribution in [3.8, 4) is 0 Å². The molecule has 2 amide bonds. The summed E-state index contributed by atoms with van der Waals surface area (Å²) in [5.74, 6) is -0.0441. The van der Waals surface area contributed by atoms with Crippen LogP contribution in [0.2, 0.25) is 0 Å². The predicted molar refractivity (Wildman–Crippen MR) is 95.6 cm³/mol. The van der Waals surface area contributed by atoms with Crippen LogP contribution in [0.25, 0.3) is 0 Å². The predicted octanol–water partition coefficient (Wildman–Crippen LogP) is 3.29. The van der Waals surface area contributed by atoms with Crippen LogP contribution in [-0.4, -0.2) is 23.3 Å². The smallest absolute Gasteiger partial charge is 0.254 e. The fraction of sp³-hybridized carbons (Fsp3) is 0.300. The number of rotatable bonds is 6. The highest BCUT2D eigenvalue weighted by Crippen LogP contribution is 2.14. The minimum atomic E-state index is -0.0643. The van der Waals surface area contributed by atoms with E-state index < -0.39 is 0 Å². The van der Waals surface area contributed by atoms with Crippen LogP contribution in [0.5, 0.6) is 0 Å². The molecule has 0 radical (unpaired) electrons. The standard InChI is InChI=1S/C20H24N2O2/c1-4-22(14-19-8-6-5-7-15(19)2)20(24)18-11-9-17(10-12-18)13-21-16(3)23/h5-12H,4,13-14H2,1-3H3,(H,21,23). The third kappa shape index (κ3) is 4.69. The van der Waals surface area contributed by atoms with Gasteiger partial charge in [0.2, 0.25) is 5.91 Å². The van der Waals surface area contributed by atoms with E-state index in [1.807, 2.05) is 48.2 Å². The number of hydrogen-bond acceptors (Lipinski definition) is 2. The molecule has 126 valence electrons. The Labute approximate surface area is 143 Å². The van der Waals surface area contributed by atoms with Crippen molar-refractivity contribution >= 4 is 11.8 Å². The summed E-state index contributed by atoms with van der Waals surface area (Å²) in [4.78, 5) is 25.5. The highest BCUT2D eigenvalue weighted by Gasteiger charge is 2.15. The van der Waals surface area contributed by atoms with Gasteiger partial charge in [-0.2, -0.15) is 0 Å². The van der Waals surface area contributed by atoms with Crippen LogP contribution in [0.15, 0.2) is 48.5 Å². The Morgan fingerprint density at radius 1 is 1.04 bits per heavy atom. The molecule has 2 aromatic carbocycles. The summed E-state index contributed by atoms with van der Waals surface area (Å²) < 4.78 is 0. The van der Waals surface area contributed by atoms with E-state index in [0.717, 1.165) is 11.1 Å². The molecule has 0 aliphatic heterocycles. The van der Waals surface area contributed by atoms with Gasteiger partial charge in [0.1, 0.15) is 0 Å². The van der Waals surface area contributed by atoms with Crippen molar-refractivity contribution < 1.29 is 9.59 Å². The molecule has 0 unspecified atom stereocenters. The van der Waals surface area contributed by atoms with Gasteiger partial charge in [-0.05, 0) is 42.7 Å². The van der Waals surface area contributed by atoms with Gasteiger partial charge >= 0.3 is 0 Å². The van der Waals surface area contributed by atoms with Gasteiger partial charge in [0.25, 0.3) is 5.91 Å². The Balaban J connectivity index is 2.08. The van der Waals surface area contributed by atoms with Crippen LogP contribution in [0.4, 0.5) is 0 Å². The number of nitrogens with one attached hydrogen (secondary N) is 1. The number of aryl methyl sites for hydroxylation is 1. The molecule has 0 spiro atoms. The molecule has 4 nitrogen and oxygen atoms in total. The minimum Gasteiger partial charge on any atom is -0.352 e. The average Bonchev–Trinajstić information content (AvgIpc) is 2.59. The van der Waals surface area contributed by atoms with E-state index in [0.29, 0.717) is 25.2 Å². The summed E-state index contributed by atoms with van der Waals surface area (Å²) in [5.41, 5.74) is 3.99. The lowest BCUT2D eigenvalue weighted by molar-refractivity contribution is -0.119. The normalized spacial score (nSPS) is 10.3. The molecule has 0 atom stereocenters. The zero-order valence-corrected chi connectivity index (χ0v) is 14.5. The van der Waals surface area contributed by atoms with Crippen molar-refractivity contribution in [3.63, 3.8) is 0 Å². The van der Waals surface area contributed by atoms with E-state index in [4.69, 9.17) is 0 Å². The van der Waals surface area contributed by atoms with Gasteiger partial charge in [0.05, 0.1) is 0 Å². The molecule has 0 aliphatic rings. The lowest BCUT2D eigenvalue weighted by Gasteiger charge is -2.22. The van der Waals surface area contributed by atoms with Crippen molar-refractivity contribution in [3.05, 3.63) is 70.8 Å². The molecule has 2 aromatic rings. The van der Waals surface area contributed by atoms with Crippen LogP contribution >= 0.6 is 0 Å². The summed E-state index contributed by atoms with van der Waals surface area (Å²) in [7, 11) is 0. The minimum absolute atomic E-state index is 0.0202. The van der Waals surface area contributed by atoms with E-state index in [1.165, 1.54) is 12.5 Å². The number of carbonyl (C=O) groups excluding carboxylic acids is 2. The molecular weight excluding hydrogens is 300 g/mol. The molecule has 4 heteroatoms. The van der Waals surface area contributed by atoms with Crippen molar-refractivity contribution in [2.24, 2.45) is 0 Å². The van der Waals surface area contributed by atoms with E-state index in [1.54, 1.807) is 0 Å². The second kappa shape index (κ2) is 8.29. The van der Waals surface area contributed by atoms with Gasteiger partial charge in [-0.25, -0.2) is 0 Å². The number of benzene rings is 2. The fourth-order valence-electron chi connectivity index (χ4n) is 2.49. The summed E-state index contributed by atoms with van der Waals surface area (Å²) in [6.07, 6.45) is 0. The summed E-state index contributed by atoms with van der Waals surface area (Å²) in [5, 5.41) is 2.75. The Bertz CT molecular complexity index is 708. The highest BCUT2D eigenvalue weighted by atomic mass is 16.2. The van der Waals surface area contributed by atoms with E-state index in [2.05, 4.69) is 24.4 Å². The van der Waals surface area contributed by atoms with Crippen LogP contribution in [0.3, 0.4) is 0 Å². The zero-order valence-electron chi connectivity index (χ0n) is 14.5. The Morgan fingerprint density at radius 2 is 1.71 bits per heavy atom. The molecule has 0 fully saturated rings. The molecule has 2 rings (SSSR count). The first kappa shape index (κ1) is 17.7. The van der Waals surface area contributed by atoms with Crippen molar-refractivity contribution in [1.82, 2.24) is 10.2 Å². The number of nitrogens with zero attached hydrogens (tertiary/aromatic N) is 1. The second-order valence-electron chi connectivity index (χ2n) is 5.85. The SMILES string of the molecule is CCN(Cc1ccccc1C)C(=O)c1ccc(CNC(C)=O)cc1. The van der Waals surface area contributed by atoms with Gasteiger partial charge in [-0.15, -0.1) is 0 Å². The largest absolute Gasteiger partial charge is 0.352 e. The van der Waals surface area contributed by atoms with E-state index >= 15 is 0 Å². The van der Waals surface area contributed by atoms with Gasteiger partial charge < -0.3 is 10.2 Å². The molecule has 0 heterocycles. The first-order valence-electron chi connectivity index (χ1n) is 8.18. The first-order valence-corrected chi connectivity index (χ1v) is 8.18. The zero-order chi connectivity index (χ0) is 17.5. The molecule has 1 N–H and O–H groups in total. The number of carbonyl (C=O) groups is 2. The van der Waals surface area contributed by atoms with Crippen LogP contribution in [0.1, 0.15) is 40.9 Å². The van der Waals surface area contributed by atoms with Crippen LogP contribution in [0, 0.1) is 6.92 Å². The third-order valence-corrected chi connectivity index (χ3v) is 4.03. The number of amides is 2. The molecule has 0 aromatic heterocycles. The van der Waals surface area contributed by atoms with E-state index in [9.17, 15) is 9.59 Å². The Kier molecular flexibility index (Phi) is 6.13. The Morgan fingerprint density at radius 3 is 2.29 bits per heavy atom. The molecule has 0 aliphatic carbocycles. The lowest BCUT2D eigenvalue weighted by Crippen LogP contribution is -2.30. The molecule has 0 saturated heterocycles. The van der Waals surface area contributed by atoms with Gasteiger partial charge in [-0.3, -0.25) is 9.59 Å². The lowest BCUT2D eigenvalue weighted by atomic mass is 10.1. The highest BCUT2D eigenvalue weighted by molar-refractivity contribution is 5.94. The van der Waals surface area contributed by atoms with E-state index in [-0.39, 0.29) is 11.8 Å². The molecule has 0 saturated carbocycles. The maximum atomic E-state index is 12.7. The van der Waals surface area contributed by atoms with Crippen molar-refractivity contribution in [1.29, 1.82) is 0 Å². The molecule has 0 bridgehead atoms.